The second-order valence-corrected chi connectivity index (χ2v) is 9.29. The molecule has 0 aliphatic carbocycles. The minimum Gasteiger partial charge on any atom is -0.322 e. The lowest BCUT2D eigenvalue weighted by atomic mass is 10.1. The number of para-hydroxylation sites is 2. The topological polar surface area (TPSA) is 116 Å². The fourth-order valence-electron chi connectivity index (χ4n) is 4.11. The summed E-state index contributed by atoms with van der Waals surface area (Å²) in [6.07, 6.45) is 0. The normalized spacial score (nSPS) is 10.3. The van der Waals surface area contributed by atoms with E-state index in [0.717, 1.165) is 0 Å². The quantitative estimate of drug-likeness (QED) is 0.171. The van der Waals surface area contributed by atoms with Gasteiger partial charge in [0.25, 0.3) is 23.6 Å². The molecule has 5 aromatic rings. The van der Waals surface area contributed by atoms with Crippen molar-refractivity contribution >= 4 is 46.4 Å². The van der Waals surface area contributed by atoms with E-state index in [1.807, 2.05) is 36.4 Å². The molecule has 42 heavy (non-hydrogen) atoms. The van der Waals surface area contributed by atoms with Gasteiger partial charge >= 0.3 is 0 Å². The molecule has 4 N–H and O–H groups in total. The molecule has 8 nitrogen and oxygen atoms in total. The van der Waals surface area contributed by atoms with Crippen LogP contribution in [0.3, 0.4) is 0 Å². The Kier molecular flexibility index (Phi) is 8.45. The van der Waals surface area contributed by atoms with Gasteiger partial charge in [0.2, 0.25) is 0 Å². The van der Waals surface area contributed by atoms with Crippen LogP contribution in [0.2, 0.25) is 0 Å². The molecular formula is C34H26N4O4. The molecule has 206 valence electrons. The Hall–Kier alpha value is -6.02. The summed E-state index contributed by atoms with van der Waals surface area (Å²) < 4.78 is 0. The monoisotopic (exact) mass is 554 g/mol. The Morgan fingerprint density at radius 1 is 0.310 bits per heavy atom. The zero-order valence-corrected chi connectivity index (χ0v) is 22.3. The molecule has 0 atom stereocenters. The molecule has 0 spiro atoms. The van der Waals surface area contributed by atoms with E-state index in [1.165, 1.54) is 0 Å². The highest BCUT2D eigenvalue weighted by atomic mass is 16.2. The number of carbonyl (C=O) groups is 4. The lowest BCUT2D eigenvalue weighted by molar-refractivity contribution is 0.101. The molecule has 0 aliphatic heterocycles. The molecule has 0 saturated heterocycles. The standard InChI is InChI=1S/C34H26N4O4/c39-31(37-29-15-7-9-25(21-29)33(41)35-27-11-3-1-4-12-27)23-17-19-24(20-18-23)32(40)38-30-16-8-10-26(22-30)34(42)36-28-13-5-2-6-14-28/h1-22H,(H,35,41)(H,36,42)(H,37,39)(H,38,40). The maximum absolute atomic E-state index is 12.8. The first-order chi connectivity index (χ1) is 20.4. The lowest BCUT2D eigenvalue weighted by Crippen LogP contribution is -2.16. The summed E-state index contributed by atoms with van der Waals surface area (Å²) in [7, 11) is 0. The van der Waals surface area contributed by atoms with E-state index in [-0.39, 0.29) is 23.6 Å². The number of amides is 4. The van der Waals surface area contributed by atoms with Gasteiger partial charge in [0.05, 0.1) is 0 Å². The molecule has 4 amide bonds. The van der Waals surface area contributed by atoms with Crippen LogP contribution in [0.25, 0.3) is 0 Å². The van der Waals surface area contributed by atoms with Crippen molar-refractivity contribution in [2.45, 2.75) is 0 Å². The van der Waals surface area contributed by atoms with Crippen molar-refractivity contribution in [1.29, 1.82) is 0 Å². The molecule has 5 aromatic carbocycles. The molecule has 0 aromatic heterocycles. The van der Waals surface area contributed by atoms with Gasteiger partial charge in [0.1, 0.15) is 0 Å². The summed E-state index contributed by atoms with van der Waals surface area (Å²) in [5.41, 5.74) is 3.72. The zero-order valence-electron chi connectivity index (χ0n) is 22.3. The van der Waals surface area contributed by atoms with Gasteiger partial charge < -0.3 is 21.3 Å². The highest BCUT2D eigenvalue weighted by Crippen LogP contribution is 2.17. The first kappa shape index (κ1) is 27.5. The number of hydrogen-bond acceptors (Lipinski definition) is 4. The SMILES string of the molecule is O=C(Nc1cccc(C(=O)Nc2ccccc2)c1)c1ccc(C(=O)Nc2cccc(C(=O)Nc3ccccc3)c2)cc1. The number of rotatable bonds is 8. The summed E-state index contributed by atoms with van der Waals surface area (Å²) in [5.74, 6) is -1.37. The number of benzene rings is 5. The maximum Gasteiger partial charge on any atom is 0.255 e. The van der Waals surface area contributed by atoms with Crippen molar-refractivity contribution in [2.24, 2.45) is 0 Å². The first-order valence-electron chi connectivity index (χ1n) is 13.1. The Morgan fingerprint density at radius 2 is 0.619 bits per heavy atom. The van der Waals surface area contributed by atoms with Gasteiger partial charge in [0, 0.05) is 45.0 Å². The Labute approximate surface area is 242 Å². The van der Waals surface area contributed by atoms with Gasteiger partial charge in [-0.1, -0.05) is 48.5 Å². The average Bonchev–Trinajstić information content (AvgIpc) is 3.02. The molecule has 0 aliphatic rings. The van der Waals surface area contributed by atoms with Crippen LogP contribution >= 0.6 is 0 Å². The van der Waals surface area contributed by atoms with Crippen LogP contribution in [0, 0.1) is 0 Å². The Morgan fingerprint density at radius 3 is 1.00 bits per heavy atom. The summed E-state index contributed by atoms with van der Waals surface area (Å²) in [4.78, 5) is 50.9. The van der Waals surface area contributed by atoms with Crippen molar-refractivity contribution in [2.75, 3.05) is 21.3 Å². The summed E-state index contributed by atoms with van der Waals surface area (Å²) in [6, 6.07) is 37.6. The zero-order chi connectivity index (χ0) is 29.3. The van der Waals surface area contributed by atoms with E-state index in [4.69, 9.17) is 0 Å². The van der Waals surface area contributed by atoms with Crippen LogP contribution < -0.4 is 21.3 Å². The average molecular weight is 555 g/mol. The Bertz CT molecular complexity index is 1610. The van der Waals surface area contributed by atoms with Gasteiger partial charge in [-0.05, 0) is 84.9 Å². The molecule has 0 heterocycles. The number of carbonyl (C=O) groups excluding carboxylic acids is 4. The number of anilines is 4. The predicted molar refractivity (Wildman–Crippen MR) is 164 cm³/mol. The van der Waals surface area contributed by atoms with Crippen molar-refractivity contribution < 1.29 is 19.2 Å². The highest BCUT2D eigenvalue weighted by Gasteiger charge is 2.13. The smallest absolute Gasteiger partial charge is 0.255 e. The van der Waals surface area contributed by atoms with Gasteiger partial charge in [-0.15, -0.1) is 0 Å². The van der Waals surface area contributed by atoms with Crippen molar-refractivity contribution in [3.63, 3.8) is 0 Å². The van der Waals surface area contributed by atoms with Crippen LogP contribution in [0.1, 0.15) is 41.4 Å². The maximum atomic E-state index is 12.8. The minimum atomic E-state index is -0.389. The third-order valence-corrected chi connectivity index (χ3v) is 6.24. The van der Waals surface area contributed by atoms with Crippen molar-refractivity contribution in [1.82, 2.24) is 0 Å². The van der Waals surface area contributed by atoms with Crippen molar-refractivity contribution in [3.8, 4) is 0 Å². The molecule has 0 unspecified atom stereocenters. The Balaban J connectivity index is 1.19. The predicted octanol–water partition coefficient (Wildman–Crippen LogP) is 6.70. The molecule has 0 saturated carbocycles. The second kappa shape index (κ2) is 12.9. The first-order valence-corrected chi connectivity index (χ1v) is 13.1. The summed E-state index contributed by atoms with van der Waals surface area (Å²) >= 11 is 0. The molecular weight excluding hydrogens is 528 g/mol. The molecule has 8 heteroatoms. The van der Waals surface area contributed by atoms with E-state index in [0.29, 0.717) is 45.0 Å². The van der Waals surface area contributed by atoms with Crippen LogP contribution in [-0.4, -0.2) is 23.6 Å². The van der Waals surface area contributed by atoms with Crippen LogP contribution in [-0.2, 0) is 0 Å². The van der Waals surface area contributed by atoms with Crippen LogP contribution in [0.4, 0.5) is 22.7 Å². The van der Waals surface area contributed by atoms with Crippen LogP contribution in [0.15, 0.2) is 133 Å². The molecule has 0 radical (unpaired) electrons. The fourth-order valence-corrected chi connectivity index (χ4v) is 4.11. The number of hydrogen-bond donors (Lipinski definition) is 4. The van der Waals surface area contributed by atoms with Gasteiger partial charge in [-0.2, -0.15) is 0 Å². The highest BCUT2D eigenvalue weighted by molar-refractivity contribution is 6.09. The van der Waals surface area contributed by atoms with E-state index in [2.05, 4.69) is 21.3 Å². The third-order valence-electron chi connectivity index (χ3n) is 6.24. The fraction of sp³-hybridized carbons (Fsp3) is 0. The number of nitrogens with one attached hydrogen (secondary N) is 4. The van der Waals surface area contributed by atoms with Crippen molar-refractivity contribution in [3.05, 3.63) is 156 Å². The molecule has 0 fully saturated rings. The van der Waals surface area contributed by atoms with Gasteiger partial charge in [-0.25, -0.2) is 0 Å². The minimum absolute atomic E-state index is 0.296. The van der Waals surface area contributed by atoms with Gasteiger partial charge in [-0.3, -0.25) is 19.2 Å². The van der Waals surface area contributed by atoms with E-state index >= 15 is 0 Å². The van der Waals surface area contributed by atoms with E-state index in [1.54, 1.807) is 97.1 Å². The summed E-state index contributed by atoms with van der Waals surface area (Å²) in [6.45, 7) is 0. The van der Waals surface area contributed by atoms with E-state index < -0.39 is 0 Å². The molecule has 5 rings (SSSR count). The van der Waals surface area contributed by atoms with Gasteiger partial charge in [0.15, 0.2) is 0 Å². The van der Waals surface area contributed by atoms with E-state index in [9.17, 15) is 19.2 Å². The lowest BCUT2D eigenvalue weighted by Gasteiger charge is -2.10. The summed E-state index contributed by atoms with van der Waals surface area (Å²) in [5, 5.41) is 11.2. The largest absolute Gasteiger partial charge is 0.322 e. The molecule has 0 bridgehead atoms. The third kappa shape index (κ3) is 7.13. The van der Waals surface area contributed by atoms with Crippen LogP contribution in [0.5, 0.6) is 0 Å². The second-order valence-electron chi connectivity index (χ2n) is 9.29.